The molecule has 1 amide bonds. The summed E-state index contributed by atoms with van der Waals surface area (Å²) in [5, 5.41) is 4.09. The number of thiophene rings is 1. The highest BCUT2D eigenvalue weighted by Gasteiger charge is 2.35. The van der Waals surface area contributed by atoms with E-state index in [-0.39, 0.29) is 17.3 Å². The third-order valence-electron chi connectivity index (χ3n) is 3.57. The Morgan fingerprint density at radius 1 is 1.36 bits per heavy atom. The minimum atomic E-state index is -0.369. The van der Waals surface area contributed by atoms with Gasteiger partial charge < -0.3 is 4.74 Å². The van der Waals surface area contributed by atoms with Crippen LogP contribution in [-0.2, 0) is 9.53 Å². The van der Waals surface area contributed by atoms with E-state index >= 15 is 0 Å². The summed E-state index contributed by atoms with van der Waals surface area (Å²) in [6, 6.07) is 7.34. The van der Waals surface area contributed by atoms with Crippen LogP contribution in [-0.4, -0.2) is 24.7 Å². The number of aryl methyl sites for hydroxylation is 1. The van der Waals surface area contributed by atoms with E-state index in [4.69, 9.17) is 4.74 Å². The second kappa shape index (κ2) is 6.14. The Balaban J connectivity index is 1.98. The monoisotopic (exact) mass is 333 g/mol. The van der Waals surface area contributed by atoms with Crippen LogP contribution in [0.4, 0.5) is 5.69 Å². The van der Waals surface area contributed by atoms with Gasteiger partial charge in [-0.05, 0) is 53.1 Å². The first-order chi connectivity index (χ1) is 10.6. The van der Waals surface area contributed by atoms with Gasteiger partial charge in [0, 0.05) is 5.69 Å². The lowest BCUT2D eigenvalue weighted by atomic mass is 10.1. The summed E-state index contributed by atoms with van der Waals surface area (Å²) in [6.07, 6.45) is 0. The molecule has 1 unspecified atom stereocenters. The number of nitrogens with zero attached hydrogens (tertiary/aromatic N) is 1. The Labute approximate surface area is 137 Å². The van der Waals surface area contributed by atoms with Crippen LogP contribution in [0.2, 0.25) is 0 Å². The molecule has 2 aromatic rings. The van der Waals surface area contributed by atoms with Gasteiger partial charge in [-0.3, -0.25) is 9.69 Å². The highest BCUT2D eigenvalue weighted by Crippen LogP contribution is 2.43. The lowest BCUT2D eigenvalue weighted by Gasteiger charge is -2.25. The molecule has 0 spiro atoms. The Hall–Kier alpha value is -1.79. The van der Waals surface area contributed by atoms with Crippen molar-refractivity contribution in [1.82, 2.24) is 0 Å². The number of hydrogen-bond acceptors (Lipinski definition) is 5. The number of ether oxygens (including phenoxy) is 1. The fraction of sp³-hybridized carbons (Fsp3) is 0.250. The van der Waals surface area contributed by atoms with Gasteiger partial charge in [-0.15, -0.1) is 11.8 Å². The third kappa shape index (κ3) is 2.64. The van der Waals surface area contributed by atoms with Gasteiger partial charge in [0.05, 0.1) is 18.4 Å². The van der Waals surface area contributed by atoms with Gasteiger partial charge in [0.1, 0.15) is 5.37 Å². The average molecular weight is 333 g/mol. The molecule has 1 aliphatic rings. The van der Waals surface area contributed by atoms with E-state index in [1.54, 1.807) is 35.2 Å². The van der Waals surface area contributed by atoms with Crippen molar-refractivity contribution in [3.05, 3.63) is 51.7 Å². The summed E-state index contributed by atoms with van der Waals surface area (Å²) in [6.45, 7) is 1.91. The first kappa shape index (κ1) is 15.1. The van der Waals surface area contributed by atoms with Crippen molar-refractivity contribution in [1.29, 1.82) is 0 Å². The standard InChI is InChI=1S/C16H15NO3S2/c1-10-7-11(16(19)20-2)3-4-13(10)17-14(18)9-22-15(17)12-5-6-21-8-12/h3-8,15H,9H2,1-2H3. The highest BCUT2D eigenvalue weighted by atomic mass is 32.2. The van der Waals surface area contributed by atoms with E-state index in [1.165, 1.54) is 7.11 Å². The maximum absolute atomic E-state index is 12.3. The van der Waals surface area contributed by atoms with Crippen molar-refractivity contribution in [3.63, 3.8) is 0 Å². The number of methoxy groups -OCH3 is 1. The highest BCUT2D eigenvalue weighted by molar-refractivity contribution is 8.00. The summed E-state index contributed by atoms with van der Waals surface area (Å²) < 4.78 is 4.74. The van der Waals surface area contributed by atoms with Crippen LogP contribution in [0, 0.1) is 6.92 Å². The van der Waals surface area contributed by atoms with Gasteiger partial charge in [0.2, 0.25) is 5.91 Å². The summed E-state index contributed by atoms with van der Waals surface area (Å²) in [4.78, 5) is 25.8. The molecule has 1 saturated heterocycles. The van der Waals surface area contributed by atoms with Crippen LogP contribution >= 0.6 is 23.1 Å². The van der Waals surface area contributed by atoms with Crippen LogP contribution in [0.3, 0.4) is 0 Å². The molecule has 1 aliphatic heterocycles. The Morgan fingerprint density at radius 2 is 2.18 bits per heavy atom. The summed E-state index contributed by atoms with van der Waals surface area (Å²) in [5.74, 6) is 0.194. The third-order valence-corrected chi connectivity index (χ3v) is 5.49. The quantitative estimate of drug-likeness (QED) is 0.805. The predicted octanol–water partition coefficient (Wildman–Crippen LogP) is 3.62. The van der Waals surface area contributed by atoms with Crippen LogP contribution < -0.4 is 4.90 Å². The molecule has 1 aromatic carbocycles. The molecule has 6 heteroatoms. The maximum Gasteiger partial charge on any atom is 0.337 e. The van der Waals surface area contributed by atoms with Gasteiger partial charge in [0.25, 0.3) is 0 Å². The molecule has 0 N–H and O–H groups in total. The van der Waals surface area contributed by atoms with Crippen LogP contribution in [0.1, 0.15) is 26.9 Å². The number of amides is 1. The van der Waals surface area contributed by atoms with E-state index in [0.29, 0.717) is 11.3 Å². The molecule has 0 saturated carbocycles. The minimum Gasteiger partial charge on any atom is -0.465 e. The van der Waals surface area contributed by atoms with E-state index < -0.39 is 0 Å². The topological polar surface area (TPSA) is 46.6 Å². The van der Waals surface area contributed by atoms with Crippen LogP contribution in [0.15, 0.2) is 35.0 Å². The number of carbonyl (C=O) groups is 2. The van der Waals surface area contributed by atoms with Crippen LogP contribution in [0.25, 0.3) is 0 Å². The van der Waals surface area contributed by atoms with Crippen molar-refractivity contribution in [2.24, 2.45) is 0 Å². The predicted molar refractivity (Wildman–Crippen MR) is 89.5 cm³/mol. The zero-order valence-corrected chi connectivity index (χ0v) is 13.9. The second-order valence-electron chi connectivity index (χ2n) is 4.98. The Kier molecular flexibility index (Phi) is 4.22. The molecule has 0 radical (unpaired) electrons. The molecular formula is C16H15NO3S2. The summed E-state index contributed by atoms with van der Waals surface area (Å²) >= 11 is 3.25. The lowest BCUT2D eigenvalue weighted by molar-refractivity contribution is -0.115. The molecule has 0 aliphatic carbocycles. The zero-order chi connectivity index (χ0) is 15.7. The van der Waals surface area contributed by atoms with Gasteiger partial charge in [0.15, 0.2) is 0 Å². The van der Waals surface area contributed by atoms with Gasteiger partial charge in [-0.1, -0.05) is 0 Å². The molecule has 1 atom stereocenters. The average Bonchev–Trinajstić information content (AvgIpc) is 3.16. The molecule has 114 valence electrons. The normalized spacial score (nSPS) is 17.8. The van der Waals surface area contributed by atoms with Gasteiger partial charge in [-0.2, -0.15) is 11.3 Å². The maximum atomic E-state index is 12.3. The second-order valence-corrected chi connectivity index (χ2v) is 6.83. The number of anilines is 1. The largest absolute Gasteiger partial charge is 0.465 e. The smallest absolute Gasteiger partial charge is 0.337 e. The number of esters is 1. The Morgan fingerprint density at radius 3 is 2.82 bits per heavy atom. The Bertz CT molecular complexity index is 712. The van der Waals surface area contributed by atoms with Crippen LogP contribution in [0.5, 0.6) is 0 Å². The number of rotatable bonds is 3. The first-order valence-corrected chi connectivity index (χ1v) is 8.75. The molecular weight excluding hydrogens is 318 g/mol. The zero-order valence-electron chi connectivity index (χ0n) is 12.2. The summed E-state index contributed by atoms with van der Waals surface area (Å²) in [5.41, 5.74) is 3.37. The molecule has 1 aromatic heterocycles. The summed E-state index contributed by atoms with van der Waals surface area (Å²) in [7, 11) is 1.36. The van der Waals surface area contributed by atoms with E-state index in [1.807, 2.05) is 29.3 Å². The fourth-order valence-electron chi connectivity index (χ4n) is 2.52. The molecule has 22 heavy (non-hydrogen) atoms. The molecule has 2 heterocycles. The van der Waals surface area contributed by atoms with Gasteiger partial charge in [-0.25, -0.2) is 4.79 Å². The molecule has 1 fully saturated rings. The van der Waals surface area contributed by atoms with Crippen molar-refractivity contribution in [3.8, 4) is 0 Å². The van der Waals surface area contributed by atoms with Gasteiger partial charge >= 0.3 is 5.97 Å². The number of benzene rings is 1. The van der Waals surface area contributed by atoms with E-state index in [9.17, 15) is 9.59 Å². The minimum absolute atomic E-state index is 0.00132. The number of hydrogen-bond donors (Lipinski definition) is 0. The first-order valence-electron chi connectivity index (χ1n) is 6.76. The SMILES string of the molecule is COC(=O)c1ccc(N2C(=O)CSC2c2ccsc2)c(C)c1. The molecule has 0 bridgehead atoms. The van der Waals surface area contributed by atoms with Crippen molar-refractivity contribution >= 4 is 40.7 Å². The van der Waals surface area contributed by atoms with Crippen molar-refractivity contribution in [2.45, 2.75) is 12.3 Å². The van der Waals surface area contributed by atoms with E-state index in [0.717, 1.165) is 16.8 Å². The number of carbonyl (C=O) groups excluding carboxylic acids is 2. The van der Waals surface area contributed by atoms with Crippen molar-refractivity contribution < 1.29 is 14.3 Å². The lowest BCUT2D eigenvalue weighted by Crippen LogP contribution is -2.28. The van der Waals surface area contributed by atoms with E-state index in [2.05, 4.69) is 5.38 Å². The fourth-order valence-corrected chi connectivity index (χ4v) is 4.44. The van der Waals surface area contributed by atoms with Crippen molar-refractivity contribution in [2.75, 3.05) is 17.8 Å². The molecule has 4 nitrogen and oxygen atoms in total. The number of thioether (sulfide) groups is 1. The molecule has 3 rings (SSSR count).